The highest BCUT2D eigenvalue weighted by Gasteiger charge is 2.28. The van der Waals surface area contributed by atoms with Crippen LogP contribution in [0, 0.1) is 11.8 Å². The fourth-order valence-electron chi connectivity index (χ4n) is 3.35. The Morgan fingerprint density at radius 1 is 1.25 bits per heavy atom. The lowest BCUT2D eigenvalue weighted by Gasteiger charge is -2.31. The van der Waals surface area contributed by atoms with Gasteiger partial charge in [0.05, 0.1) is 0 Å². The molecule has 3 rings (SSSR count). The first-order valence-corrected chi connectivity index (χ1v) is 8.80. The number of likely N-dealkylation sites (tertiary alicyclic amines) is 1. The fraction of sp³-hybridized carbons (Fsp3) is 0.611. The van der Waals surface area contributed by atoms with Crippen LogP contribution in [0.5, 0.6) is 0 Å². The van der Waals surface area contributed by atoms with Crippen molar-refractivity contribution in [1.29, 1.82) is 0 Å². The van der Waals surface area contributed by atoms with E-state index in [1.165, 1.54) is 0 Å². The van der Waals surface area contributed by atoms with Crippen LogP contribution in [0.1, 0.15) is 36.2 Å². The molecule has 24 heavy (non-hydrogen) atoms. The highest BCUT2D eigenvalue weighted by molar-refractivity contribution is 5.92. The summed E-state index contributed by atoms with van der Waals surface area (Å²) in [6.45, 7) is 3.62. The molecule has 2 saturated heterocycles. The average Bonchev–Trinajstić information content (AvgIpc) is 3.15. The second kappa shape index (κ2) is 8.24. The van der Waals surface area contributed by atoms with Gasteiger partial charge in [-0.3, -0.25) is 14.6 Å². The van der Waals surface area contributed by atoms with E-state index in [0.29, 0.717) is 24.7 Å². The summed E-state index contributed by atoms with van der Waals surface area (Å²) in [5, 5.41) is 3.04. The maximum atomic E-state index is 12.3. The molecule has 0 unspecified atom stereocenters. The van der Waals surface area contributed by atoms with Gasteiger partial charge in [0.15, 0.2) is 0 Å². The van der Waals surface area contributed by atoms with Crippen molar-refractivity contribution in [2.75, 3.05) is 32.8 Å². The second-order valence-corrected chi connectivity index (χ2v) is 6.59. The summed E-state index contributed by atoms with van der Waals surface area (Å²) in [5.74, 6) is 0.676. The molecule has 0 bridgehead atoms. The number of carbonyl (C=O) groups is 2. The summed E-state index contributed by atoms with van der Waals surface area (Å²) in [6.07, 6.45) is 5.16. The highest BCUT2D eigenvalue weighted by Crippen LogP contribution is 2.19. The molecular formula is C18H25N3O3. The first-order valence-electron chi connectivity index (χ1n) is 8.80. The molecule has 0 radical (unpaired) electrons. The van der Waals surface area contributed by atoms with E-state index in [0.717, 1.165) is 45.4 Å². The van der Waals surface area contributed by atoms with E-state index in [2.05, 4.69) is 10.3 Å². The third kappa shape index (κ3) is 4.32. The molecule has 2 fully saturated rings. The summed E-state index contributed by atoms with van der Waals surface area (Å²) < 4.78 is 5.35. The smallest absolute Gasteiger partial charge is 0.272 e. The first kappa shape index (κ1) is 16.9. The quantitative estimate of drug-likeness (QED) is 0.887. The van der Waals surface area contributed by atoms with E-state index in [9.17, 15) is 9.59 Å². The molecule has 0 aromatic carbocycles. The topological polar surface area (TPSA) is 71.5 Å². The number of pyridine rings is 1. The van der Waals surface area contributed by atoms with Crippen LogP contribution in [0.15, 0.2) is 24.4 Å². The molecule has 3 heterocycles. The number of aromatic nitrogens is 1. The minimum Gasteiger partial charge on any atom is -0.381 e. The lowest BCUT2D eigenvalue weighted by Crippen LogP contribution is -2.43. The van der Waals surface area contributed by atoms with E-state index in [4.69, 9.17) is 4.74 Å². The van der Waals surface area contributed by atoms with E-state index < -0.39 is 0 Å². The first-order chi connectivity index (χ1) is 11.7. The van der Waals surface area contributed by atoms with Crippen molar-refractivity contribution < 1.29 is 14.3 Å². The lowest BCUT2D eigenvalue weighted by molar-refractivity contribution is -0.126. The lowest BCUT2D eigenvalue weighted by atomic mass is 9.95. The molecule has 0 saturated carbocycles. The SMILES string of the molecule is O=C(NCC[C@@H]1CCOC1)C1CCN(C(=O)c2ccccn2)CC1. The Kier molecular flexibility index (Phi) is 5.80. The number of amides is 2. The Bertz CT molecular complexity index is 550. The van der Waals surface area contributed by atoms with Gasteiger partial charge in [0.25, 0.3) is 5.91 Å². The Balaban J connectivity index is 1.39. The zero-order valence-electron chi connectivity index (χ0n) is 13.9. The summed E-state index contributed by atoms with van der Waals surface area (Å²) in [6, 6.07) is 5.34. The van der Waals surface area contributed by atoms with Crippen molar-refractivity contribution in [2.45, 2.75) is 25.7 Å². The minimum absolute atomic E-state index is 0.0117. The van der Waals surface area contributed by atoms with Gasteiger partial charge < -0.3 is 15.0 Å². The summed E-state index contributed by atoms with van der Waals surface area (Å²) in [7, 11) is 0. The molecule has 1 aromatic rings. The Morgan fingerprint density at radius 3 is 2.75 bits per heavy atom. The van der Waals surface area contributed by atoms with Crippen LogP contribution >= 0.6 is 0 Å². The fourth-order valence-corrected chi connectivity index (χ4v) is 3.35. The number of nitrogens with zero attached hydrogens (tertiary/aromatic N) is 2. The number of nitrogens with one attached hydrogen (secondary N) is 1. The predicted molar refractivity (Wildman–Crippen MR) is 89.4 cm³/mol. The second-order valence-electron chi connectivity index (χ2n) is 6.59. The van der Waals surface area contributed by atoms with Gasteiger partial charge in [-0.2, -0.15) is 0 Å². The van der Waals surface area contributed by atoms with Gasteiger partial charge in [0.1, 0.15) is 5.69 Å². The largest absolute Gasteiger partial charge is 0.381 e. The number of hydrogen-bond donors (Lipinski definition) is 1. The molecule has 6 heteroatoms. The molecule has 2 aliphatic heterocycles. The normalized spacial score (nSPS) is 21.7. The number of carbonyl (C=O) groups excluding carboxylic acids is 2. The molecule has 2 aliphatic rings. The van der Waals surface area contributed by atoms with Crippen LogP contribution in [0.4, 0.5) is 0 Å². The van der Waals surface area contributed by atoms with E-state index in [1.54, 1.807) is 23.2 Å². The van der Waals surface area contributed by atoms with E-state index in [1.807, 2.05) is 6.07 Å². The predicted octanol–water partition coefficient (Wildman–Crippen LogP) is 1.48. The molecule has 0 spiro atoms. The van der Waals surface area contributed by atoms with Gasteiger partial charge in [-0.15, -0.1) is 0 Å². The summed E-state index contributed by atoms with van der Waals surface area (Å²) in [4.78, 5) is 30.5. The van der Waals surface area contributed by atoms with Crippen molar-refractivity contribution in [2.24, 2.45) is 11.8 Å². The van der Waals surface area contributed by atoms with Crippen LogP contribution in [-0.2, 0) is 9.53 Å². The molecule has 1 aromatic heterocycles. The van der Waals surface area contributed by atoms with Crippen molar-refractivity contribution in [3.05, 3.63) is 30.1 Å². The molecule has 0 aliphatic carbocycles. The molecule has 1 N–H and O–H groups in total. The molecule has 1 atom stereocenters. The molecule has 2 amide bonds. The van der Waals surface area contributed by atoms with Crippen LogP contribution < -0.4 is 5.32 Å². The molecular weight excluding hydrogens is 306 g/mol. The maximum Gasteiger partial charge on any atom is 0.272 e. The van der Waals surface area contributed by atoms with Crippen molar-refractivity contribution in [3.63, 3.8) is 0 Å². The zero-order chi connectivity index (χ0) is 16.8. The number of ether oxygens (including phenoxy) is 1. The Hall–Kier alpha value is -1.95. The zero-order valence-corrected chi connectivity index (χ0v) is 13.9. The van der Waals surface area contributed by atoms with Gasteiger partial charge >= 0.3 is 0 Å². The minimum atomic E-state index is -0.0457. The Morgan fingerprint density at radius 2 is 2.08 bits per heavy atom. The number of piperidine rings is 1. The van der Waals surface area contributed by atoms with E-state index in [-0.39, 0.29) is 17.7 Å². The third-order valence-corrected chi connectivity index (χ3v) is 4.91. The number of rotatable bonds is 5. The monoisotopic (exact) mass is 331 g/mol. The van der Waals surface area contributed by atoms with Crippen LogP contribution in [-0.4, -0.2) is 54.5 Å². The maximum absolute atomic E-state index is 12.3. The summed E-state index contributed by atoms with van der Waals surface area (Å²) >= 11 is 0. The van der Waals surface area contributed by atoms with Crippen LogP contribution in [0.25, 0.3) is 0 Å². The molecule has 130 valence electrons. The Labute approximate surface area is 142 Å². The van der Waals surface area contributed by atoms with Crippen molar-refractivity contribution in [1.82, 2.24) is 15.2 Å². The van der Waals surface area contributed by atoms with E-state index >= 15 is 0 Å². The van der Waals surface area contributed by atoms with Gasteiger partial charge in [0, 0.05) is 45.0 Å². The van der Waals surface area contributed by atoms with Gasteiger partial charge in [-0.25, -0.2) is 0 Å². The summed E-state index contributed by atoms with van der Waals surface area (Å²) in [5.41, 5.74) is 0.471. The van der Waals surface area contributed by atoms with Gasteiger partial charge in [-0.1, -0.05) is 6.07 Å². The average molecular weight is 331 g/mol. The van der Waals surface area contributed by atoms with Gasteiger partial charge in [-0.05, 0) is 43.7 Å². The third-order valence-electron chi connectivity index (χ3n) is 4.91. The van der Waals surface area contributed by atoms with Crippen LogP contribution in [0.2, 0.25) is 0 Å². The van der Waals surface area contributed by atoms with Crippen molar-refractivity contribution in [3.8, 4) is 0 Å². The standard InChI is InChI=1S/C18H25N3O3/c22-17(20-9-4-14-7-12-24-13-14)15-5-10-21(11-6-15)18(23)16-3-1-2-8-19-16/h1-3,8,14-15H,4-7,9-13H2,(H,20,22)/t14-/m1/s1. The highest BCUT2D eigenvalue weighted by atomic mass is 16.5. The van der Waals surface area contributed by atoms with Gasteiger partial charge in [0.2, 0.25) is 5.91 Å². The number of hydrogen-bond acceptors (Lipinski definition) is 4. The molecule has 6 nitrogen and oxygen atoms in total. The van der Waals surface area contributed by atoms with Crippen molar-refractivity contribution >= 4 is 11.8 Å². The van der Waals surface area contributed by atoms with Crippen LogP contribution in [0.3, 0.4) is 0 Å².